The minimum Gasteiger partial charge on any atom is -0.445 e. The van der Waals surface area contributed by atoms with Crippen molar-refractivity contribution in [2.75, 3.05) is 0 Å². The van der Waals surface area contributed by atoms with Gasteiger partial charge in [-0.05, 0) is 18.2 Å². The second-order valence-corrected chi connectivity index (χ2v) is 3.76. The van der Waals surface area contributed by atoms with E-state index in [1.165, 1.54) is 24.5 Å². The van der Waals surface area contributed by atoms with Gasteiger partial charge in [-0.3, -0.25) is 0 Å². The van der Waals surface area contributed by atoms with Gasteiger partial charge in [0, 0.05) is 11.6 Å². The number of nitrogens with zero attached hydrogens (tertiary/aromatic N) is 2. The topological polar surface area (TPSA) is 49.8 Å². The first-order valence-electron chi connectivity index (χ1n) is 5.11. The van der Waals surface area contributed by atoms with Gasteiger partial charge in [0.05, 0.1) is 23.2 Å². The van der Waals surface area contributed by atoms with Crippen molar-refractivity contribution in [2.45, 2.75) is 5.88 Å². The van der Waals surface area contributed by atoms with Crippen molar-refractivity contribution >= 4 is 23.8 Å². The fourth-order valence-electron chi connectivity index (χ4n) is 1.35. The third kappa shape index (κ3) is 2.76. The number of hydrogen-bond acceptors (Lipinski definition) is 3. The van der Waals surface area contributed by atoms with Crippen molar-refractivity contribution in [3.05, 3.63) is 53.0 Å². The van der Waals surface area contributed by atoms with E-state index < -0.39 is 5.82 Å². The fraction of sp³-hybridized carbons (Fsp3) is 0.0769. The van der Waals surface area contributed by atoms with Crippen LogP contribution in [0.4, 0.5) is 4.39 Å². The summed E-state index contributed by atoms with van der Waals surface area (Å²) in [6, 6.07) is 6.12. The Kier molecular flexibility index (Phi) is 3.75. The van der Waals surface area contributed by atoms with Crippen molar-refractivity contribution in [1.29, 1.82) is 5.26 Å². The Morgan fingerprint density at radius 1 is 1.44 bits per heavy atom. The molecule has 0 spiro atoms. The quantitative estimate of drug-likeness (QED) is 0.794. The molecule has 18 heavy (non-hydrogen) atoms. The molecule has 0 amide bonds. The SMILES string of the molecule is N#Cc1ccc(/C=C/c2nc(CCl)co2)c(F)c1. The summed E-state index contributed by atoms with van der Waals surface area (Å²) in [5, 5.41) is 8.62. The predicted molar refractivity (Wildman–Crippen MR) is 66.1 cm³/mol. The van der Waals surface area contributed by atoms with Gasteiger partial charge >= 0.3 is 0 Å². The first-order chi connectivity index (χ1) is 8.72. The lowest BCUT2D eigenvalue weighted by Gasteiger charge is -1.96. The minimum atomic E-state index is -0.463. The number of oxazole rings is 1. The fourth-order valence-corrected chi connectivity index (χ4v) is 1.48. The summed E-state index contributed by atoms with van der Waals surface area (Å²) >= 11 is 5.58. The number of hydrogen-bond donors (Lipinski definition) is 0. The Bertz CT molecular complexity index is 628. The molecule has 0 bridgehead atoms. The highest BCUT2D eigenvalue weighted by atomic mass is 35.5. The second-order valence-electron chi connectivity index (χ2n) is 3.49. The predicted octanol–water partition coefficient (Wildman–Crippen LogP) is 3.59. The van der Waals surface area contributed by atoms with Crippen LogP contribution in [0.2, 0.25) is 0 Å². The van der Waals surface area contributed by atoms with Crippen molar-refractivity contribution < 1.29 is 8.81 Å². The van der Waals surface area contributed by atoms with E-state index >= 15 is 0 Å². The van der Waals surface area contributed by atoms with Crippen LogP contribution in [0.1, 0.15) is 22.7 Å². The normalized spacial score (nSPS) is 10.7. The first-order valence-corrected chi connectivity index (χ1v) is 5.64. The smallest absolute Gasteiger partial charge is 0.218 e. The van der Waals surface area contributed by atoms with Crippen LogP contribution in [0, 0.1) is 17.1 Å². The molecule has 2 aromatic rings. The lowest BCUT2D eigenvalue weighted by molar-refractivity contribution is 0.546. The molecular weight excluding hydrogens is 255 g/mol. The van der Waals surface area contributed by atoms with Crippen LogP contribution in [0.25, 0.3) is 12.2 Å². The van der Waals surface area contributed by atoms with Gasteiger partial charge in [-0.2, -0.15) is 5.26 Å². The zero-order valence-corrected chi connectivity index (χ0v) is 9.99. The average Bonchev–Trinajstić information content (AvgIpc) is 2.85. The number of aromatic nitrogens is 1. The maximum Gasteiger partial charge on any atom is 0.218 e. The third-order valence-electron chi connectivity index (χ3n) is 2.24. The van der Waals surface area contributed by atoms with Gasteiger partial charge in [-0.25, -0.2) is 9.37 Å². The molecule has 0 aliphatic carbocycles. The van der Waals surface area contributed by atoms with E-state index in [9.17, 15) is 4.39 Å². The summed E-state index contributed by atoms with van der Waals surface area (Å²) < 4.78 is 18.6. The summed E-state index contributed by atoms with van der Waals surface area (Å²) in [6.07, 6.45) is 4.52. The molecule has 90 valence electrons. The van der Waals surface area contributed by atoms with Gasteiger partial charge in [-0.1, -0.05) is 6.07 Å². The van der Waals surface area contributed by atoms with Crippen LogP contribution in [0.5, 0.6) is 0 Å². The summed E-state index contributed by atoms with van der Waals surface area (Å²) in [4.78, 5) is 4.05. The number of nitriles is 1. The number of rotatable bonds is 3. The molecule has 0 saturated heterocycles. The molecule has 2 rings (SSSR count). The Hall–Kier alpha value is -2.12. The molecule has 1 aromatic carbocycles. The second kappa shape index (κ2) is 5.48. The third-order valence-corrected chi connectivity index (χ3v) is 2.52. The molecule has 0 aliphatic rings. The monoisotopic (exact) mass is 262 g/mol. The highest BCUT2D eigenvalue weighted by Crippen LogP contribution is 2.14. The van der Waals surface area contributed by atoms with Gasteiger partial charge in [0.15, 0.2) is 0 Å². The number of benzene rings is 1. The van der Waals surface area contributed by atoms with E-state index in [0.29, 0.717) is 17.1 Å². The van der Waals surface area contributed by atoms with E-state index in [1.807, 2.05) is 6.07 Å². The van der Waals surface area contributed by atoms with Gasteiger partial charge < -0.3 is 4.42 Å². The molecule has 3 nitrogen and oxygen atoms in total. The highest BCUT2D eigenvalue weighted by Gasteiger charge is 2.02. The summed E-state index contributed by atoms with van der Waals surface area (Å²) in [7, 11) is 0. The molecule has 1 aromatic heterocycles. The van der Waals surface area contributed by atoms with E-state index in [-0.39, 0.29) is 11.4 Å². The standard InChI is InChI=1S/C13H8ClFN2O/c14-6-11-8-18-13(17-11)4-3-10-2-1-9(7-16)5-12(10)15/h1-5,8H,6H2/b4-3+. The van der Waals surface area contributed by atoms with Crippen molar-refractivity contribution in [2.24, 2.45) is 0 Å². The molecule has 0 atom stereocenters. The van der Waals surface area contributed by atoms with Crippen LogP contribution in [0.15, 0.2) is 28.9 Å². The molecule has 0 aliphatic heterocycles. The molecule has 0 fully saturated rings. The Labute approximate surface area is 108 Å². The highest BCUT2D eigenvalue weighted by molar-refractivity contribution is 6.16. The van der Waals surface area contributed by atoms with Gasteiger partial charge in [0.25, 0.3) is 0 Å². The van der Waals surface area contributed by atoms with Crippen molar-refractivity contribution in [3.8, 4) is 6.07 Å². The number of halogens is 2. The molecule has 0 radical (unpaired) electrons. The first kappa shape index (κ1) is 12.3. The lowest BCUT2D eigenvalue weighted by atomic mass is 10.1. The lowest BCUT2D eigenvalue weighted by Crippen LogP contribution is -1.84. The molecule has 5 heteroatoms. The van der Waals surface area contributed by atoms with Crippen molar-refractivity contribution in [3.63, 3.8) is 0 Å². The molecular formula is C13H8ClFN2O. The van der Waals surface area contributed by atoms with Crippen LogP contribution < -0.4 is 0 Å². The van der Waals surface area contributed by atoms with Gasteiger partial charge in [0.2, 0.25) is 5.89 Å². The molecule has 1 heterocycles. The van der Waals surface area contributed by atoms with Crippen molar-refractivity contribution in [1.82, 2.24) is 4.98 Å². The van der Waals surface area contributed by atoms with E-state index in [1.54, 1.807) is 12.1 Å². The van der Waals surface area contributed by atoms with E-state index in [4.69, 9.17) is 21.3 Å². The average molecular weight is 263 g/mol. The van der Waals surface area contributed by atoms with Crippen LogP contribution >= 0.6 is 11.6 Å². The maximum atomic E-state index is 13.5. The van der Waals surface area contributed by atoms with E-state index in [0.717, 1.165) is 0 Å². The largest absolute Gasteiger partial charge is 0.445 e. The zero-order chi connectivity index (χ0) is 13.0. The maximum absolute atomic E-state index is 13.5. The Balaban J connectivity index is 2.21. The van der Waals surface area contributed by atoms with Crippen LogP contribution in [-0.4, -0.2) is 4.98 Å². The van der Waals surface area contributed by atoms with Crippen LogP contribution in [0.3, 0.4) is 0 Å². The Morgan fingerprint density at radius 3 is 2.89 bits per heavy atom. The van der Waals surface area contributed by atoms with Gasteiger partial charge in [-0.15, -0.1) is 11.6 Å². The minimum absolute atomic E-state index is 0.266. The summed E-state index contributed by atoms with van der Waals surface area (Å²) in [5.74, 6) is 0.159. The molecule has 0 N–H and O–H groups in total. The molecule has 0 saturated carbocycles. The van der Waals surface area contributed by atoms with Crippen LogP contribution in [-0.2, 0) is 5.88 Å². The summed E-state index contributed by atoms with van der Waals surface area (Å²) in [5.41, 5.74) is 1.27. The Morgan fingerprint density at radius 2 is 2.28 bits per heavy atom. The number of alkyl halides is 1. The molecule has 0 unspecified atom stereocenters. The summed E-state index contributed by atoms with van der Waals surface area (Å²) in [6.45, 7) is 0. The van der Waals surface area contributed by atoms with Gasteiger partial charge in [0.1, 0.15) is 12.1 Å². The van der Waals surface area contributed by atoms with E-state index in [2.05, 4.69) is 4.98 Å². The zero-order valence-electron chi connectivity index (χ0n) is 9.23.